The topological polar surface area (TPSA) is 89.7 Å². The third-order valence-corrected chi connectivity index (χ3v) is 7.22. The Morgan fingerprint density at radius 3 is 2.47 bits per heavy atom. The van der Waals surface area contributed by atoms with Crippen molar-refractivity contribution in [3.05, 3.63) is 41.3 Å². The summed E-state index contributed by atoms with van der Waals surface area (Å²) >= 11 is 0. The van der Waals surface area contributed by atoms with Crippen LogP contribution in [0.15, 0.2) is 33.7 Å². The van der Waals surface area contributed by atoms with Gasteiger partial charge in [-0.05, 0) is 37.5 Å². The number of nitrogens with zero attached hydrogens (tertiary/aromatic N) is 2. The summed E-state index contributed by atoms with van der Waals surface area (Å²) in [4.78, 5) is 14.2. The molecule has 1 aromatic heterocycles. The molecule has 2 aromatic rings. The van der Waals surface area contributed by atoms with Crippen molar-refractivity contribution < 1.29 is 48.8 Å². The van der Waals surface area contributed by atoms with Crippen molar-refractivity contribution >= 4 is 15.7 Å². The fraction of sp³-hybridized carbons (Fsp3) is 0.500. The molecule has 2 aliphatic rings. The first-order valence-electron chi connectivity index (χ1n) is 9.93. The Kier molecular flexibility index (Phi) is 5.46. The molecule has 0 spiro atoms. The van der Waals surface area contributed by atoms with Gasteiger partial charge in [0.2, 0.25) is 5.76 Å². The monoisotopic (exact) mass is 512 g/mol. The number of rotatable bonds is 5. The number of sulfone groups is 1. The average molecular weight is 512 g/mol. The normalized spacial score (nSPS) is 23.5. The van der Waals surface area contributed by atoms with Crippen LogP contribution in [0.4, 0.5) is 26.3 Å². The van der Waals surface area contributed by atoms with Gasteiger partial charge in [-0.25, -0.2) is 8.42 Å². The van der Waals surface area contributed by atoms with E-state index in [4.69, 9.17) is 4.74 Å². The summed E-state index contributed by atoms with van der Waals surface area (Å²) in [5.74, 6) is -2.76. The van der Waals surface area contributed by atoms with E-state index in [-0.39, 0.29) is 29.6 Å². The van der Waals surface area contributed by atoms with Crippen LogP contribution in [0, 0.1) is 5.92 Å². The fourth-order valence-corrected chi connectivity index (χ4v) is 4.76. The number of alkyl halides is 6. The number of piperidine rings is 1. The van der Waals surface area contributed by atoms with Gasteiger partial charge in [0.1, 0.15) is 5.75 Å². The number of aromatic nitrogens is 1. The molecule has 2 heterocycles. The number of carbonyl (C=O) groups excluding carboxylic acids is 1. The minimum atomic E-state index is -4.74. The lowest BCUT2D eigenvalue weighted by Crippen LogP contribution is -2.35. The molecule has 186 valence electrons. The number of amides is 1. The maximum Gasteiger partial charge on any atom is 0.452 e. The number of fused-ring (bicyclic) bond motifs is 1. The van der Waals surface area contributed by atoms with Gasteiger partial charge in [0.05, 0.1) is 16.2 Å². The van der Waals surface area contributed by atoms with E-state index in [0.29, 0.717) is 6.42 Å². The average Bonchev–Trinajstić information content (AvgIpc) is 3.07. The van der Waals surface area contributed by atoms with E-state index in [9.17, 15) is 39.6 Å². The quantitative estimate of drug-likeness (QED) is 0.566. The van der Waals surface area contributed by atoms with E-state index < -0.39 is 56.7 Å². The van der Waals surface area contributed by atoms with E-state index in [1.54, 1.807) is 0 Å². The van der Waals surface area contributed by atoms with Crippen LogP contribution in [0.5, 0.6) is 5.75 Å². The third kappa shape index (κ3) is 4.34. The maximum absolute atomic E-state index is 13.2. The molecule has 3 atom stereocenters. The molecule has 1 saturated carbocycles. The summed E-state index contributed by atoms with van der Waals surface area (Å²) in [6, 6.07) is 3.72. The molecule has 0 N–H and O–H groups in total. The molecule has 1 aliphatic heterocycles. The van der Waals surface area contributed by atoms with E-state index in [1.165, 1.54) is 4.90 Å². The first-order chi connectivity index (χ1) is 15.5. The summed E-state index contributed by atoms with van der Waals surface area (Å²) in [7, 11) is -3.80. The Labute approximate surface area is 189 Å². The molecule has 1 saturated heterocycles. The summed E-state index contributed by atoms with van der Waals surface area (Å²) in [5.41, 5.74) is -1.23. The zero-order valence-electron chi connectivity index (χ0n) is 17.7. The van der Waals surface area contributed by atoms with Crippen LogP contribution in [0.25, 0.3) is 0 Å². The van der Waals surface area contributed by atoms with Crippen molar-refractivity contribution in [2.75, 3.05) is 19.3 Å². The largest absolute Gasteiger partial charge is 0.480 e. The lowest BCUT2D eigenvalue weighted by atomic mass is 10.0. The summed E-state index contributed by atoms with van der Waals surface area (Å²) in [6.07, 6.45) is -10.4. The number of carbonyl (C=O) groups is 1. The molecule has 14 heteroatoms. The first-order valence-corrected chi connectivity index (χ1v) is 11.8. The Bertz CT molecular complexity index is 1240. The standard InChI is InChI=1S/C20H18F6N2O5S/c1-10(19(21,22)23)32-14-4-3-12(34(2,30)31)5-13(14)17(29)28-8-11-7-18(11,9-28)15-6-16(33-27-15)20(24,25)26/h3-6,10-11H,7-9H2,1-2H3/t10-,11-,18-/m1/s1. The molecule has 0 radical (unpaired) electrons. The van der Waals surface area contributed by atoms with Gasteiger partial charge in [-0.1, -0.05) is 5.16 Å². The van der Waals surface area contributed by atoms with E-state index >= 15 is 0 Å². The molecule has 0 unspecified atom stereocenters. The van der Waals surface area contributed by atoms with Crippen molar-refractivity contribution in [1.82, 2.24) is 10.1 Å². The van der Waals surface area contributed by atoms with Crippen molar-refractivity contribution in [3.8, 4) is 5.75 Å². The van der Waals surface area contributed by atoms with Gasteiger partial charge in [-0.3, -0.25) is 4.79 Å². The molecule has 34 heavy (non-hydrogen) atoms. The van der Waals surface area contributed by atoms with Crippen molar-refractivity contribution in [3.63, 3.8) is 0 Å². The summed E-state index contributed by atoms with van der Waals surface area (Å²) in [6.45, 7) is 0.781. The lowest BCUT2D eigenvalue weighted by Gasteiger charge is -2.24. The van der Waals surface area contributed by atoms with Crippen molar-refractivity contribution in [1.29, 1.82) is 0 Å². The van der Waals surface area contributed by atoms with Crippen LogP contribution >= 0.6 is 0 Å². The predicted molar refractivity (Wildman–Crippen MR) is 103 cm³/mol. The molecule has 1 aliphatic carbocycles. The van der Waals surface area contributed by atoms with E-state index in [1.807, 2.05) is 0 Å². The van der Waals surface area contributed by atoms with Crippen molar-refractivity contribution in [2.24, 2.45) is 5.92 Å². The minimum absolute atomic E-state index is 0.0344. The molecule has 4 rings (SSSR count). The molecule has 1 amide bonds. The SMILES string of the molecule is C[C@@H](Oc1ccc(S(C)(=O)=O)cc1C(=O)N1C[C@H]2C[C@@]2(c2cc(C(F)(F)F)on2)C1)C(F)(F)F. The number of likely N-dealkylation sites (tertiary alicyclic amines) is 1. The number of ether oxygens (including phenoxy) is 1. The van der Waals surface area contributed by atoms with Gasteiger partial charge >= 0.3 is 12.4 Å². The second kappa shape index (κ2) is 7.62. The second-order valence-corrected chi connectivity index (χ2v) is 10.6. The van der Waals surface area contributed by atoms with Crippen LogP contribution in [0.3, 0.4) is 0 Å². The first kappa shape index (κ1) is 24.4. The highest BCUT2D eigenvalue weighted by atomic mass is 32.2. The van der Waals surface area contributed by atoms with Gasteiger partial charge in [0.15, 0.2) is 15.9 Å². The van der Waals surface area contributed by atoms with Crippen LogP contribution < -0.4 is 4.74 Å². The minimum Gasteiger partial charge on any atom is -0.480 e. The van der Waals surface area contributed by atoms with Gasteiger partial charge in [0, 0.05) is 30.8 Å². The van der Waals surface area contributed by atoms with Crippen LogP contribution in [0.2, 0.25) is 0 Å². The maximum atomic E-state index is 13.2. The predicted octanol–water partition coefficient (Wildman–Crippen LogP) is 3.84. The van der Waals surface area contributed by atoms with Gasteiger partial charge in [-0.2, -0.15) is 26.3 Å². The van der Waals surface area contributed by atoms with E-state index in [2.05, 4.69) is 9.68 Å². The van der Waals surface area contributed by atoms with Crippen molar-refractivity contribution in [2.45, 2.75) is 42.1 Å². The molecule has 7 nitrogen and oxygen atoms in total. The smallest absolute Gasteiger partial charge is 0.452 e. The Morgan fingerprint density at radius 2 is 1.91 bits per heavy atom. The second-order valence-electron chi connectivity index (χ2n) is 8.55. The Hall–Kier alpha value is -2.77. The third-order valence-electron chi connectivity index (χ3n) is 6.11. The molecular formula is C20H18F6N2O5S. The summed E-state index contributed by atoms with van der Waals surface area (Å²) < 4.78 is 111. The number of benzene rings is 1. The molecule has 0 bridgehead atoms. The lowest BCUT2D eigenvalue weighted by molar-refractivity contribution is -0.189. The zero-order chi connectivity index (χ0) is 25.3. The molecule has 1 aromatic carbocycles. The van der Waals surface area contributed by atoms with Gasteiger partial charge in [-0.15, -0.1) is 0 Å². The zero-order valence-corrected chi connectivity index (χ0v) is 18.5. The highest BCUT2D eigenvalue weighted by molar-refractivity contribution is 7.90. The van der Waals surface area contributed by atoms with E-state index in [0.717, 1.165) is 37.4 Å². The Morgan fingerprint density at radius 1 is 1.24 bits per heavy atom. The van der Waals surface area contributed by atoms with Crippen LogP contribution in [0.1, 0.15) is 35.2 Å². The summed E-state index contributed by atoms with van der Waals surface area (Å²) in [5, 5.41) is 3.51. The van der Waals surface area contributed by atoms with Crippen LogP contribution in [-0.4, -0.2) is 56.0 Å². The molecule has 2 fully saturated rings. The highest BCUT2D eigenvalue weighted by Crippen LogP contribution is 2.59. The van der Waals surface area contributed by atoms with Crippen LogP contribution in [-0.2, 0) is 21.4 Å². The van der Waals surface area contributed by atoms with Gasteiger partial charge in [0.25, 0.3) is 5.91 Å². The Balaban J connectivity index is 1.63. The number of hydrogen-bond acceptors (Lipinski definition) is 6. The number of halogens is 6. The molecular weight excluding hydrogens is 494 g/mol. The van der Waals surface area contributed by atoms with Gasteiger partial charge < -0.3 is 14.2 Å². The fourth-order valence-electron chi connectivity index (χ4n) is 4.11. The highest BCUT2D eigenvalue weighted by Gasteiger charge is 2.64. The number of hydrogen-bond donors (Lipinski definition) is 0.